The van der Waals surface area contributed by atoms with E-state index in [0.717, 1.165) is 45.7 Å². The van der Waals surface area contributed by atoms with E-state index >= 15 is 0 Å². The largest absolute Gasteiger partial charge is 0.368 e. The molecule has 0 radical (unpaired) electrons. The Morgan fingerprint density at radius 2 is 1.70 bits per heavy atom. The summed E-state index contributed by atoms with van der Waals surface area (Å²) in [5.41, 5.74) is 1.21. The van der Waals surface area contributed by atoms with E-state index in [-0.39, 0.29) is 11.8 Å². The molecule has 0 spiro atoms. The molecule has 0 aliphatic carbocycles. The van der Waals surface area contributed by atoms with E-state index in [4.69, 9.17) is 0 Å². The van der Waals surface area contributed by atoms with Crippen LogP contribution in [-0.4, -0.2) is 62.5 Å². The Labute approximate surface area is 162 Å². The van der Waals surface area contributed by atoms with Crippen LogP contribution < -0.4 is 15.5 Å². The van der Waals surface area contributed by atoms with Gasteiger partial charge in [-0.25, -0.2) is 0 Å². The summed E-state index contributed by atoms with van der Waals surface area (Å²) in [6, 6.07) is 10.3. The first-order valence-electron chi connectivity index (χ1n) is 10.3. The van der Waals surface area contributed by atoms with Crippen LogP contribution in [-0.2, 0) is 9.59 Å². The second-order valence-electron chi connectivity index (χ2n) is 7.54. The Kier molecular flexibility index (Phi) is 7.51. The lowest BCUT2D eigenvalue weighted by Crippen LogP contribution is -2.49. The molecule has 0 atom stereocenters. The minimum atomic E-state index is 0.0789. The summed E-state index contributed by atoms with van der Waals surface area (Å²) < 4.78 is 0. The first-order valence-corrected chi connectivity index (χ1v) is 10.3. The van der Waals surface area contributed by atoms with E-state index in [0.29, 0.717) is 25.3 Å². The van der Waals surface area contributed by atoms with Gasteiger partial charge in [0.25, 0.3) is 0 Å². The molecular weight excluding hydrogens is 340 g/mol. The van der Waals surface area contributed by atoms with Crippen molar-refractivity contribution in [2.75, 3.05) is 50.7 Å². The summed E-state index contributed by atoms with van der Waals surface area (Å²) >= 11 is 0. The molecule has 2 N–H and O–H groups in total. The first-order chi connectivity index (χ1) is 13.2. The third-order valence-electron chi connectivity index (χ3n) is 5.65. The van der Waals surface area contributed by atoms with Gasteiger partial charge in [-0.15, -0.1) is 0 Å². The van der Waals surface area contributed by atoms with Gasteiger partial charge in [0.2, 0.25) is 11.8 Å². The van der Waals surface area contributed by atoms with Gasteiger partial charge in [0.1, 0.15) is 0 Å². The highest BCUT2D eigenvalue weighted by Gasteiger charge is 2.21. The lowest BCUT2D eigenvalue weighted by atomic mass is 9.93. The monoisotopic (exact) mass is 372 g/mol. The molecule has 148 valence electrons. The molecule has 1 aromatic carbocycles. The van der Waals surface area contributed by atoms with Gasteiger partial charge in [-0.3, -0.25) is 9.59 Å². The van der Waals surface area contributed by atoms with Gasteiger partial charge in [-0.05, 0) is 50.4 Å². The molecule has 2 heterocycles. The summed E-state index contributed by atoms with van der Waals surface area (Å²) in [4.78, 5) is 28.6. The lowest BCUT2D eigenvalue weighted by molar-refractivity contribution is -0.131. The Morgan fingerprint density at radius 3 is 2.41 bits per heavy atom. The van der Waals surface area contributed by atoms with Crippen molar-refractivity contribution < 1.29 is 9.59 Å². The van der Waals surface area contributed by atoms with E-state index in [9.17, 15) is 9.59 Å². The molecule has 2 aliphatic heterocycles. The highest BCUT2D eigenvalue weighted by Crippen LogP contribution is 2.18. The average Bonchev–Trinajstić information content (AvgIpc) is 2.74. The highest BCUT2D eigenvalue weighted by molar-refractivity contribution is 5.79. The van der Waals surface area contributed by atoms with Gasteiger partial charge in [0.15, 0.2) is 0 Å². The number of piperazine rings is 1. The third kappa shape index (κ3) is 6.24. The number of carbonyl (C=O) groups is 2. The third-order valence-corrected chi connectivity index (χ3v) is 5.65. The second kappa shape index (κ2) is 10.3. The van der Waals surface area contributed by atoms with Crippen LogP contribution in [0, 0.1) is 5.92 Å². The van der Waals surface area contributed by atoms with Crippen LogP contribution in [0.5, 0.6) is 0 Å². The number of hydrogen-bond donors (Lipinski definition) is 2. The summed E-state index contributed by atoms with van der Waals surface area (Å²) in [7, 11) is 0. The number of nitrogens with one attached hydrogen (secondary N) is 2. The van der Waals surface area contributed by atoms with Crippen molar-refractivity contribution >= 4 is 17.5 Å². The van der Waals surface area contributed by atoms with Crippen LogP contribution in [0.25, 0.3) is 0 Å². The summed E-state index contributed by atoms with van der Waals surface area (Å²) in [6.07, 6.45) is 4.27. The normalized spacial score (nSPS) is 18.4. The molecule has 0 unspecified atom stereocenters. The number of rotatable bonds is 7. The van der Waals surface area contributed by atoms with Crippen LogP contribution in [0.15, 0.2) is 30.3 Å². The molecule has 0 aromatic heterocycles. The lowest BCUT2D eigenvalue weighted by Gasteiger charge is -2.36. The van der Waals surface area contributed by atoms with Gasteiger partial charge in [0, 0.05) is 51.3 Å². The van der Waals surface area contributed by atoms with Gasteiger partial charge >= 0.3 is 0 Å². The smallest absolute Gasteiger partial charge is 0.224 e. The van der Waals surface area contributed by atoms with E-state index in [1.54, 1.807) is 0 Å². The quantitative estimate of drug-likeness (QED) is 0.763. The zero-order chi connectivity index (χ0) is 18.9. The SMILES string of the molecule is O=C(CCC1CCNCC1)NCCC(=O)N1CCN(c2ccccc2)CC1. The number of carbonyl (C=O) groups excluding carboxylic acids is 2. The number of nitrogens with zero attached hydrogens (tertiary/aromatic N) is 2. The first kappa shape index (κ1) is 19.7. The number of anilines is 1. The van der Waals surface area contributed by atoms with Crippen molar-refractivity contribution in [3.8, 4) is 0 Å². The van der Waals surface area contributed by atoms with Gasteiger partial charge in [-0.2, -0.15) is 0 Å². The molecule has 2 fully saturated rings. The topological polar surface area (TPSA) is 64.7 Å². The predicted octanol–water partition coefficient (Wildman–Crippen LogP) is 1.62. The maximum absolute atomic E-state index is 12.4. The summed E-state index contributed by atoms with van der Waals surface area (Å²) in [6.45, 7) is 5.80. The van der Waals surface area contributed by atoms with Crippen molar-refractivity contribution in [1.82, 2.24) is 15.5 Å². The molecule has 3 rings (SSSR count). The average molecular weight is 373 g/mol. The molecule has 2 amide bonds. The molecule has 6 heteroatoms. The number of hydrogen-bond acceptors (Lipinski definition) is 4. The minimum absolute atomic E-state index is 0.0789. The van der Waals surface area contributed by atoms with Crippen molar-refractivity contribution in [2.24, 2.45) is 5.92 Å². The van der Waals surface area contributed by atoms with Crippen molar-refractivity contribution in [3.05, 3.63) is 30.3 Å². The molecule has 27 heavy (non-hydrogen) atoms. The molecule has 0 bridgehead atoms. The van der Waals surface area contributed by atoms with Crippen LogP contribution in [0.2, 0.25) is 0 Å². The fraction of sp³-hybridized carbons (Fsp3) is 0.619. The molecule has 0 saturated carbocycles. The fourth-order valence-electron chi connectivity index (χ4n) is 3.91. The zero-order valence-electron chi connectivity index (χ0n) is 16.2. The van der Waals surface area contributed by atoms with E-state index in [1.165, 1.54) is 18.5 Å². The Morgan fingerprint density at radius 1 is 1.00 bits per heavy atom. The Balaban J connectivity index is 1.29. The maximum Gasteiger partial charge on any atom is 0.224 e. The molecule has 2 saturated heterocycles. The van der Waals surface area contributed by atoms with Gasteiger partial charge in [-0.1, -0.05) is 18.2 Å². The van der Waals surface area contributed by atoms with Crippen molar-refractivity contribution in [1.29, 1.82) is 0 Å². The van der Waals surface area contributed by atoms with Crippen LogP contribution in [0.3, 0.4) is 0 Å². The Bertz CT molecular complexity index is 593. The maximum atomic E-state index is 12.4. The van der Waals surface area contributed by atoms with E-state index in [1.807, 2.05) is 23.1 Å². The van der Waals surface area contributed by atoms with Crippen LogP contribution >= 0.6 is 0 Å². The van der Waals surface area contributed by atoms with Gasteiger partial charge in [0.05, 0.1) is 0 Å². The molecule has 1 aromatic rings. The van der Waals surface area contributed by atoms with Gasteiger partial charge < -0.3 is 20.4 Å². The minimum Gasteiger partial charge on any atom is -0.368 e. The predicted molar refractivity (Wildman–Crippen MR) is 108 cm³/mol. The van der Waals surface area contributed by atoms with Crippen LogP contribution in [0.1, 0.15) is 32.1 Å². The second-order valence-corrected chi connectivity index (χ2v) is 7.54. The molecule has 6 nitrogen and oxygen atoms in total. The highest BCUT2D eigenvalue weighted by atomic mass is 16.2. The van der Waals surface area contributed by atoms with Crippen molar-refractivity contribution in [2.45, 2.75) is 32.1 Å². The van der Waals surface area contributed by atoms with E-state index < -0.39 is 0 Å². The summed E-state index contributed by atoms with van der Waals surface area (Å²) in [5.74, 6) is 0.885. The molecule has 2 aliphatic rings. The van der Waals surface area contributed by atoms with Crippen LogP contribution in [0.4, 0.5) is 5.69 Å². The molecular formula is C21H32N4O2. The number of para-hydroxylation sites is 1. The van der Waals surface area contributed by atoms with E-state index in [2.05, 4.69) is 27.7 Å². The fourth-order valence-corrected chi connectivity index (χ4v) is 3.91. The summed E-state index contributed by atoms with van der Waals surface area (Å²) in [5, 5.41) is 6.26. The zero-order valence-corrected chi connectivity index (χ0v) is 16.2. The standard InChI is InChI=1S/C21H32N4O2/c26-20(7-6-18-8-11-22-12-9-18)23-13-10-21(27)25-16-14-24(15-17-25)19-4-2-1-3-5-19/h1-5,18,22H,6-17H2,(H,23,26). The Hall–Kier alpha value is -2.08. The number of piperidine rings is 1. The number of benzene rings is 1. The van der Waals surface area contributed by atoms with Crippen molar-refractivity contribution in [3.63, 3.8) is 0 Å². The number of amides is 2.